The van der Waals surface area contributed by atoms with Gasteiger partial charge in [-0.3, -0.25) is 4.79 Å². The third-order valence-corrected chi connectivity index (χ3v) is 2.83. The number of hydrogen-bond acceptors (Lipinski definition) is 5. The van der Waals surface area contributed by atoms with Gasteiger partial charge in [-0.2, -0.15) is 4.98 Å². The summed E-state index contributed by atoms with van der Waals surface area (Å²) in [4.78, 5) is 14.7. The van der Waals surface area contributed by atoms with Crippen molar-refractivity contribution in [3.8, 4) is 11.6 Å². The lowest BCUT2D eigenvalue weighted by Gasteiger charge is -2.16. The van der Waals surface area contributed by atoms with Crippen LogP contribution in [0.2, 0.25) is 0 Å². The van der Waals surface area contributed by atoms with Crippen LogP contribution in [-0.4, -0.2) is 37.7 Å². The van der Waals surface area contributed by atoms with Crippen LogP contribution in [0.4, 0.5) is 5.82 Å². The number of aryl methyl sites for hydroxylation is 1. The molecular weight excluding hydrogens is 234 g/mol. The minimum Gasteiger partial charge on any atom is -0.491 e. The molecule has 1 atom stereocenters. The van der Waals surface area contributed by atoms with Crippen molar-refractivity contribution < 1.29 is 14.3 Å². The zero-order valence-electron chi connectivity index (χ0n) is 10.5. The second kappa shape index (κ2) is 5.68. The molecule has 1 unspecified atom stereocenters. The van der Waals surface area contributed by atoms with Crippen molar-refractivity contribution in [1.82, 2.24) is 10.3 Å². The smallest absolute Gasteiger partial charge is 0.259 e. The lowest BCUT2D eigenvalue weighted by Crippen LogP contribution is -2.20. The molecule has 2 N–H and O–H groups in total. The van der Waals surface area contributed by atoms with Crippen LogP contribution in [0, 0.1) is 6.92 Å². The summed E-state index contributed by atoms with van der Waals surface area (Å²) in [6.45, 7) is 3.63. The van der Waals surface area contributed by atoms with Crippen LogP contribution < -0.4 is 20.1 Å². The van der Waals surface area contributed by atoms with Crippen molar-refractivity contribution in [2.24, 2.45) is 0 Å². The average molecular weight is 251 g/mol. The molecule has 1 aromatic rings. The Morgan fingerprint density at radius 1 is 1.61 bits per heavy atom. The van der Waals surface area contributed by atoms with E-state index in [-0.39, 0.29) is 6.10 Å². The Balaban J connectivity index is 2.26. The molecule has 1 aromatic heterocycles. The highest BCUT2D eigenvalue weighted by Gasteiger charge is 2.20. The van der Waals surface area contributed by atoms with Crippen molar-refractivity contribution >= 4 is 12.2 Å². The number of amides is 1. The molecule has 98 valence electrons. The van der Waals surface area contributed by atoms with E-state index in [0.717, 1.165) is 25.1 Å². The summed E-state index contributed by atoms with van der Waals surface area (Å²) in [5, 5.41) is 5.74. The van der Waals surface area contributed by atoms with E-state index in [1.807, 2.05) is 6.92 Å². The molecule has 6 heteroatoms. The van der Waals surface area contributed by atoms with Gasteiger partial charge in [-0.25, -0.2) is 0 Å². The fraction of sp³-hybridized carbons (Fsp3) is 0.500. The van der Waals surface area contributed by atoms with Crippen molar-refractivity contribution in [3.05, 3.63) is 11.6 Å². The number of hydrogen-bond donors (Lipinski definition) is 2. The van der Waals surface area contributed by atoms with E-state index in [2.05, 4.69) is 15.6 Å². The first-order valence-corrected chi connectivity index (χ1v) is 5.87. The Kier molecular flexibility index (Phi) is 3.99. The van der Waals surface area contributed by atoms with E-state index in [1.165, 1.54) is 0 Å². The van der Waals surface area contributed by atoms with E-state index in [0.29, 0.717) is 23.9 Å². The maximum Gasteiger partial charge on any atom is 0.259 e. The van der Waals surface area contributed by atoms with Crippen LogP contribution in [0.5, 0.6) is 11.6 Å². The molecule has 0 bridgehead atoms. The van der Waals surface area contributed by atoms with Gasteiger partial charge in [0.1, 0.15) is 11.9 Å². The molecule has 0 aliphatic carbocycles. The highest BCUT2D eigenvalue weighted by atomic mass is 16.5. The molecule has 1 saturated heterocycles. The van der Waals surface area contributed by atoms with E-state index in [9.17, 15) is 4.79 Å². The van der Waals surface area contributed by atoms with Gasteiger partial charge in [0, 0.05) is 12.1 Å². The van der Waals surface area contributed by atoms with Crippen LogP contribution in [0.3, 0.4) is 0 Å². The Hall–Kier alpha value is -1.82. The molecule has 0 aromatic carbocycles. The van der Waals surface area contributed by atoms with Crippen LogP contribution in [0.15, 0.2) is 6.07 Å². The Bertz CT molecular complexity index is 431. The number of methoxy groups -OCH3 is 1. The van der Waals surface area contributed by atoms with Crippen LogP contribution in [0.25, 0.3) is 0 Å². The SMILES string of the molecule is COc1c(C)cc(NC=O)nc1OC1CCNC1. The quantitative estimate of drug-likeness (QED) is 0.754. The predicted molar refractivity (Wildman–Crippen MR) is 67.1 cm³/mol. The molecule has 2 heterocycles. The van der Waals surface area contributed by atoms with E-state index in [4.69, 9.17) is 9.47 Å². The molecule has 0 spiro atoms. The molecule has 1 aliphatic heterocycles. The van der Waals surface area contributed by atoms with E-state index < -0.39 is 0 Å². The van der Waals surface area contributed by atoms with Crippen molar-refractivity contribution in [2.75, 3.05) is 25.5 Å². The minimum absolute atomic E-state index is 0.0947. The van der Waals surface area contributed by atoms with Crippen molar-refractivity contribution in [2.45, 2.75) is 19.4 Å². The van der Waals surface area contributed by atoms with Gasteiger partial charge < -0.3 is 20.1 Å². The zero-order valence-corrected chi connectivity index (χ0v) is 10.5. The normalized spacial score (nSPS) is 18.4. The van der Waals surface area contributed by atoms with Gasteiger partial charge >= 0.3 is 0 Å². The molecular formula is C12H17N3O3. The molecule has 1 fully saturated rings. The van der Waals surface area contributed by atoms with Gasteiger partial charge in [0.2, 0.25) is 6.41 Å². The first kappa shape index (κ1) is 12.6. The third-order valence-electron chi connectivity index (χ3n) is 2.83. The Labute approximate surface area is 106 Å². The highest BCUT2D eigenvalue weighted by molar-refractivity contribution is 5.70. The number of carbonyl (C=O) groups is 1. The standard InChI is InChI=1S/C12H17N3O3/c1-8-5-10(14-7-16)15-12(11(8)17-2)18-9-3-4-13-6-9/h5,7,9,13H,3-4,6H2,1-2H3,(H,14,15,16). The van der Waals surface area contributed by atoms with Crippen LogP contribution >= 0.6 is 0 Å². The molecule has 1 amide bonds. The predicted octanol–water partition coefficient (Wildman–Crippen LogP) is 0.708. The van der Waals surface area contributed by atoms with Crippen LogP contribution in [-0.2, 0) is 4.79 Å². The van der Waals surface area contributed by atoms with Gasteiger partial charge in [-0.1, -0.05) is 0 Å². The van der Waals surface area contributed by atoms with Gasteiger partial charge in [0.25, 0.3) is 5.88 Å². The summed E-state index contributed by atoms with van der Waals surface area (Å²) in [5.74, 6) is 1.50. The summed E-state index contributed by atoms with van der Waals surface area (Å²) in [5.41, 5.74) is 0.873. The molecule has 0 radical (unpaired) electrons. The second-order valence-corrected chi connectivity index (χ2v) is 4.16. The van der Waals surface area contributed by atoms with Gasteiger partial charge in [-0.05, 0) is 26.0 Å². The number of aromatic nitrogens is 1. The maximum atomic E-state index is 10.5. The van der Waals surface area contributed by atoms with Crippen molar-refractivity contribution in [3.63, 3.8) is 0 Å². The number of nitrogens with one attached hydrogen (secondary N) is 2. The Morgan fingerprint density at radius 3 is 3.06 bits per heavy atom. The first-order chi connectivity index (χ1) is 8.74. The number of ether oxygens (including phenoxy) is 2. The minimum atomic E-state index is 0.0947. The topological polar surface area (TPSA) is 72.5 Å². The zero-order chi connectivity index (χ0) is 13.0. The summed E-state index contributed by atoms with van der Waals surface area (Å²) < 4.78 is 11.1. The van der Waals surface area contributed by atoms with Crippen molar-refractivity contribution in [1.29, 1.82) is 0 Å². The molecule has 2 rings (SSSR count). The fourth-order valence-electron chi connectivity index (χ4n) is 1.98. The monoisotopic (exact) mass is 251 g/mol. The summed E-state index contributed by atoms with van der Waals surface area (Å²) in [6.07, 6.45) is 1.63. The summed E-state index contributed by atoms with van der Waals surface area (Å²) >= 11 is 0. The van der Waals surface area contributed by atoms with E-state index >= 15 is 0 Å². The van der Waals surface area contributed by atoms with Gasteiger partial charge in [0.05, 0.1) is 7.11 Å². The fourth-order valence-corrected chi connectivity index (χ4v) is 1.98. The first-order valence-electron chi connectivity index (χ1n) is 5.87. The summed E-state index contributed by atoms with van der Waals surface area (Å²) in [6, 6.07) is 1.74. The number of rotatable bonds is 5. The van der Waals surface area contributed by atoms with E-state index in [1.54, 1.807) is 13.2 Å². The number of pyridine rings is 1. The maximum absolute atomic E-state index is 10.5. The van der Waals surface area contributed by atoms with Gasteiger partial charge in [0.15, 0.2) is 5.75 Å². The number of carbonyl (C=O) groups excluding carboxylic acids is 1. The lowest BCUT2D eigenvalue weighted by molar-refractivity contribution is -0.105. The highest BCUT2D eigenvalue weighted by Crippen LogP contribution is 2.32. The van der Waals surface area contributed by atoms with Gasteiger partial charge in [-0.15, -0.1) is 0 Å². The number of anilines is 1. The molecule has 1 aliphatic rings. The lowest BCUT2D eigenvalue weighted by atomic mass is 10.2. The summed E-state index contributed by atoms with van der Waals surface area (Å²) in [7, 11) is 1.58. The molecule has 0 saturated carbocycles. The van der Waals surface area contributed by atoms with Crippen LogP contribution in [0.1, 0.15) is 12.0 Å². The largest absolute Gasteiger partial charge is 0.491 e. The average Bonchev–Trinajstić information content (AvgIpc) is 2.82. The Morgan fingerprint density at radius 2 is 2.44 bits per heavy atom. The molecule has 18 heavy (non-hydrogen) atoms. The second-order valence-electron chi connectivity index (χ2n) is 4.16. The third kappa shape index (κ3) is 2.70. The number of nitrogens with zero attached hydrogens (tertiary/aromatic N) is 1. The molecule has 6 nitrogen and oxygen atoms in total.